The molecule has 0 saturated carbocycles. The molecule has 2 rings (SSSR count). The molecule has 2 aromatic rings. The van der Waals surface area contributed by atoms with E-state index in [-0.39, 0.29) is 12.0 Å². The summed E-state index contributed by atoms with van der Waals surface area (Å²) in [7, 11) is 0. The first-order valence-electron chi connectivity index (χ1n) is 8.76. The van der Waals surface area contributed by atoms with E-state index in [9.17, 15) is 0 Å². The third kappa shape index (κ3) is 7.20. The van der Waals surface area contributed by atoms with Crippen molar-refractivity contribution in [3.63, 3.8) is 0 Å². The molecule has 0 radical (unpaired) electrons. The number of nitrogens with one attached hydrogen (secondary N) is 2. The molecule has 0 aromatic heterocycles. The molecule has 0 spiro atoms. The lowest BCUT2D eigenvalue weighted by atomic mass is 10.1. The first kappa shape index (κ1) is 22.3. The molecular formula is C19H24N9OS+. The monoisotopic (exact) mass is 426 g/mol. The first-order valence-corrected chi connectivity index (χ1v) is 9.17. The van der Waals surface area contributed by atoms with Crippen molar-refractivity contribution >= 4 is 52.1 Å². The average molecular weight is 427 g/mol. The zero-order chi connectivity index (χ0) is 22.1. The quantitative estimate of drug-likeness (QED) is 0.167. The van der Waals surface area contributed by atoms with Gasteiger partial charge in [-0.3, -0.25) is 16.0 Å². The van der Waals surface area contributed by atoms with Crippen molar-refractivity contribution in [3.8, 4) is 0 Å². The van der Waals surface area contributed by atoms with Gasteiger partial charge in [0.2, 0.25) is 5.96 Å². The molecule has 10 N–H and O–H groups in total. The zero-order valence-electron chi connectivity index (χ0n) is 16.6. The summed E-state index contributed by atoms with van der Waals surface area (Å²) < 4.78 is 0. The van der Waals surface area contributed by atoms with Crippen LogP contribution in [0.3, 0.4) is 0 Å². The van der Waals surface area contributed by atoms with Gasteiger partial charge in [-0.25, -0.2) is 0 Å². The lowest BCUT2D eigenvalue weighted by molar-refractivity contribution is -0.142. The Morgan fingerprint density at radius 1 is 0.900 bits per heavy atom. The van der Waals surface area contributed by atoms with Crippen molar-refractivity contribution in [2.24, 2.45) is 32.6 Å². The molecule has 0 fully saturated rings. The predicted octanol–water partition coefficient (Wildman–Crippen LogP) is 0.307. The molecule has 0 amide bonds. The summed E-state index contributed by atoms with van der Waals surface area (Å²) in [5.41, 5.74) is 20.3. The Labute approximate surface area is 179 Å². The molecule has 0 saturated heterocycles. The number of oxime groups is 1. The number of anilines is 2. The van der Waals surface area contributed by atoms with Crippen LogP contribution in [0.2, 0.25) is 0 Å². The Bertz CT molecular complexity index is 1030. The lowest BCUT2D eigenvalue weighted by Crippen LogP contribution is -2.46. The molecule has 0 unspecified atom stereocenters. The maximum absolute atomic E-state index is 5.41. The van der Waals surface area contributed by atoms with Gasteiger partial charge in [0.05, 0.1) is 11.4 Å². The van der Waals surface area contributed by atoms with Gasteiger partial charge in [-0.05, 0) is 55.9 Å². The van der Waals surface area contributed by atoms with Crippen LogP contribution < -0.4 is 33.2 Å². The summed E-state index contributed by atoms with van der Waals surface area (Å²) in [4.78, 5) is 4.79. The molecule has 0 bridgehead atoms. The molecular weight excluding hydrogens is 402 g/mol. The lowest BCUT2D eigenvalue weighted by Gasteiger charge is -2.12. The SMILES string of the molecule is C/C(=N\N=C(N)N)c1cccc(NC(=S)Nc2cccc(/C(C)=N/OC(N)=[NH2+])c2)c1. The number of nitrogens with two attached hydrogens (primary N) is 4. The van der Waals surface area contributed by atoms with Crippen molar-refractivity contribution in [1.82, 2.24) is 0 Å². The van der Waals surface area contributed by atoms with Gasteiger partial charge in [0.15, 0.2) is 5.11 Å². The van der Waals surface area contributed by atoms with E-state index < -0.39 is 0 Å². The molecule has 10 nitrogen and oxygen atoms in total. The average Bonchev–Trinajstić information content (AvgIpc) is 2.70. The van der Waals surface area contributed by atoms with Crippen LogP contribution in [-0.2, 0) is 4.84 Å². The maximum Gasteiger partial charge on any atom is 0.464 e. The van der Waals surface area contributed by atoms with Crippen molar-refractivity contribution in [2.45, 2.75) is 13.8 Å². The normalized spacial score (nSPS) is 11.4. The summed E-state index contributed by atoms with van der Waals surface area (Å²) in [6.45, 7) is 3.58. The fourth-order valence-electron chi connectivity index (χ4n) is 2.30. The molecule has 156 valence electrons. The topological polar surface area (TPSA) is 174 Å². The largest absolute Gasteiger partial charge is 0.464 e. The minimum atomic E-state index is -0.227. The van der Waals surface area contributed by atoms with Crippen LogP contribution in [-0.4, -0.2) is 28.5 Å². The van der Waals surface area contributed by atoms with Crippen LogP contribution in [0, 0.1) is 0 Å². The van der Waals surface area contributed by atoms with Crippen LogP contribution in [0.25, 0.3) is 0 Å². The van der Waals surface area contributed by atoms with E-state index in [1.165, 1.54) is 0 Å². The number of thiocarbonyl (C=S) groups is 1. The van der Waals surface area contributed by atoms with Gasteiger partial charge >= 0.3 is 6.02 Å². The Kier molecular flexibility index (Phi) is 7.82. The van der Waals surface area contributed by atoms with E-state index in [0.29, 0.717) is 16.5 Å². The van der Waals surface area contributed by atoms with E-state index in [1.54, 1.807) is 13.8 Å². The highest BCUT2D eigenvalue weighted by atomic mass is 32.1. The van der Waals surface area contributed by atoms with Gasteiger partial charge in [-0.15, -0.1) is 5.10 Å². The standard InChI is InChI=1S/C19H23N9OS/c1-11(26-27-17(20)21)13-5-3-7-15(9-13)24-19(30)25-16-8-4-6-14(10-16)12(2)28-29-18(22)23/h3-10H,1-2H3,(H3,22,23)(H4,20,21,27)(H2,24,25,30)/p+1/b26-11+,28-12+. The zero-order valence-corrected chi connectivity index (χ0v) is 17.4. The number of nitrogens with zero attached hydrogens (tertiary/aromatic N) is 3. The van der Waals surface area contributed by atoms with Crippen LogP contribution in [0.1, 0.15) is 25.0 Å². The summed E-state index contributed by atoms with van der Waals surface area (Å²) in [6.07, 6.45) is 0. The number of benzene rings is 2. The molecule has 0 atom stereocenters. The number of amidine groups is 1. The number of hydrogen-bond acceptors (Lipinski definition) is 5. The summed E-state index contributed by atoms with van der Waals surface area (Å²) in [5.74, 6) is -0.104. The minimum absolute atomic E-state index is 0.104. The fraction of sp³-hybridized carbons (Fsp3) is 0.105. The Morgan fingerprint density at radius 2 is 1.43 bits per heavy atom. The minimum Gasteiger partial charge on any atom is -0.369 e. The second-order valence-corrected chi connectivity index (χ2v) is 6.53. The third-order valence-corrected chi connectivity index (χ3v) is 3.88. The molecule has 0 aliphatic rings. The number of rotatable bonds is 6. The highest BCUT2D eigenvalue weighted by molar-refractivity contribution is 7.80. The van der Waals surface area contributed by atoms with Crippen LogP contribution >= 0.6 is 12.2 Å². The summed E-state index contributed by atoms with van der Waals surface area (Å²) in [5, 5.41) is 23.4. The van der Waals surface area contributed by atoms with Crippen LogP contribution in [0.5, 0.6) is 0 Å². The van der Waals surface area contributed by atoms with Gasteiger partial charge < -0.3 is 22.1 Å². The van der Waals surface area contributed by atoms with E-state index >= 15 is 0 Å². The Balaban J connectivity index is 2.08. The molecule has 0 aliphatic carbocycles. The van der Waals surface area contributed by atoms with Gasteiger partial charge in [0, 0.05) is 16.9 Å². The van der Waals surface area contributed by atoms with E-state index in [4.69, 9.17) is 39.7 Å². The number of guanidine groups is 1. The fourth-order valence-corrected chi connectivity index (χ4v) is 2.54. The molecule has 0 aliphatic heterocycles. The molecule has 11 heteroatoms. The third-order valence-electron chi connectivity index (χ3n) is 3.68. The number of hydrogen-bond donors (Lipinski definition) is 6. The smallest absolute Gasteiger partial charge is 0.369 e. The molecule has 2 aromatic carbocycles. The van der Waals surface area contributed by atoms with E-state index in [0.717, 1.165) is 22.5 Å². The van der Waals surface area contributed by atoms with Gasteiger partial charge in [0.1, 0.15) is 0 Å². The van der Waals surface area contributed by atoms with Gasteiger partial charge in [-0.1, -0.05) is 29.4 Å². The molecule has 0 heterocycles. The molecule has 30 heavy (non-hydrogen) atoms. The summed E-state index contributed by atoms with van der Waals surface area (Å²) >= 11 is 5.41. The van der Waals surface area contributed by atoms with Crippen molar-refractivity contribution < 1.29 is 10.2 Å². The maximum atomic E-state index is 5.41. The predicted molar refractivity (Wildman–Crippen MR) is 125 cm³/mol. The van der Waals surface area contributed by atoms with E-state index in [2.05, 4.69) is 26.0 Å². The second kappa shape index (κ2) is 10.5. The van der Waals surface area contributed by atoms with Crippen molar-refractivity contribution in [1.29, 1.82) is 0 Å². The van der Waals surface area contributed by atoms with Crippen LogP contribution in [0.15, 0.2) is 63.9 Å². The van der Waals surface area contributed by atoms with Crippen molar-refractivity contribution in [3.05, 3.63) is 59.7 Å². The highest BCUT2D eigenvalue weighted by Crippen LogP contribution is 2.15. The van der Waals surface area contributed by atoms with Crippen LogP contribution in [0.4, 0.5) is 11.4 Å². The summed E-state index contributed by atoms with van der Waals surface area (Å²) in [6, 6.07) is 14.8. The second-order valence-electron chi connectivity index (χ2n) is 6.12. The van der Waals surface area contributed by atoms with E-state index in [1.807, 2.05) is 48.5 Å². The Hall–Kier alpha value is -3.99. The van der Waals surface area contributed by atoms with Crippen molar-refractivity contribution in [2.75, 3.05) is 10.6 Å². The van der Waals surface area contributed by atoms with Gasteiger partial charge in [-0.2, -0.15) is 5.10 Å². The Morgan fingerprint density at radius 3 is 1.93 bits per heavy atom. The van der Waals surface area contributed by atoms with Gasteiger partial charge in [0.25, 0.3) is 0 Å². The highest BCUT2D eigenvalue weighted by Gasteiger charge is 2.05. The first-order chi connectivity index (χ1) is 14.2.